The first-order valence-electron chi connectivity index (χ1n) is 6.10. The van der Waals surface area contributed by atoms with Crippen molar-refractivity contribution in [2.75, 3.05) is 6.54 Å². The van der Waals surface area contributed by atoms with Crippen molar-refractivity contribution in [3.63, 3.8) is 0 Å². The molecule has 0 unspecified atom stereocenters. The van der Waals surface area contributed by atoms with Gasteiger partial charge in [0.05, 0.1) is 6.54 Å². The van der Waals surface area contributed by atoms with Gasteiger partial charge in [-0.1, -0.05) is 6.07 Å². The summed E-state index contributed by atoms with van der Waals surface area (Å²) in [7, 11) is 0. The molecule has 2 rings (SSSR count). The van der Waals surface area contributed by atoms with Gasteiger partial charge in [0, 0.05) is 12.1 Å². The van der Waals surface area contributed by atoms with Crippen molar-refractivity contribution in [1.82, 2.24) is 10.6 Å². The van der Waals surface area contributed by atoms with E-state index in [0.29, 0.717) is 18.3 Å². The summed E-state index contributed by atoms with van der Waals surface area (Å²) in [5.41, 5.74) is 0. The van der Waals surface area contributed by atoms with Crippen LogP contribution in [0.4, 0.5) is 9.18 Å². The molecule has 18 heavy (non-hydrogen) atoms. The molecule has 0 radical (unpaired) electrons. The van der Waals surface area contributed by atoms with Crippen LogP contribution in [0, 0.1) is 5.82 Å². The van der Waals surface area contributed by atoms with Gasteiger partial charge >= 0.3 is 6.03 Å². The van der Waals surface area contributed by atoms with Crippen LogP contribution in [-0.4, -0.2) is 24.7 Å². The minimum atomic E-state index is -0.334. The second-order valence-electron chi connectivity index (χ2n) is 4.51. The van der Waals surface area contributed by atoms with E-state index in [2.05, 4.69) is 10.6 Å². The number of hydrogen-bond donors (Lipinski definition) is 2. The fourth-order valence-corrected chi connectivity index (χ4v) is 1.51. The van der Waals surface area contributed by atoms with Gasteiger partial charge in [-0.25, -0.2) is 9.18 Å². The average molecular weight is 252 g/mol. The molecule has 1 saturated carbocycles. The number of carbonyl (C=O) groups is 1. The first-order chi connectivity index (χ1) is 8.63. The normalized spacial score (nSPS) is 15.9. The van der Waals surface area contributed by atoms with Crippen molar-refractivity contribution in [1.29, 1.82) is 0 Å². The monoisotopic (exact) mass is 252 g/mol. The average Bonchev–Trinajstić information content (AvgIpc) is 3.10. The number of ether oxygens (including phenoxy) is 1. The number of hydrogen-bond acceptors (Lipinski definition) is 2. The van der Waals surface area contributed by atoms with Gasteiger partial charge in [-0.2, -0.15) is 0 Å². The molecule has 1 aliphatic carbocycles. The lowest BCUT2D eigenvalue weighted by atomic mass is 10.3. The van der Waals surface area contributed by atoms with Gasteiger partial charge in [-0.15, -0.1) is 0 Å². The number of carbonyl (C=O) groups excluding carboxylic acids is 1. The number of amides is 2. The molecule has 1 aromatic carbocycles. The first-order valence-corrected chi connectivity index (χ1v) is 6.10. The van der Waals surface area contributed by atoms with Crippen LogP contribution >= 0.6 is 0 Å². The van der Waals surface area contributed by atoms with Crippen LogP contribution < -0.4 is 15.4 Å². The number of benzene rings is 1. The van der Waals surface area contributed by atoms with E-state index < -0.39 is 0 Å². The summed E-state index contributed by atoms with van der Waals surface area (Å²) in [4.78, 5) is 11.4. The first kappa shape index (κ1) is 12.7. The van der Waals surface area contributed by atoms with Gasteiger partial charge in [0.2, 0.25) is 0 Å². The van der Waals surface area contributed by atoms with Crippen LogP contribution in [0.3, 0.4) is 0 Å². The molecule has 98 valence electrons. The molecule has 2 N–H and O–H groups in total. The van der Waals surface area contributed by atoms with Crippen LogP contribution in [0.2, 0.25) is 0 Å². The SMILES string of the molecule is C[C@H](CNC(=O)NC1CC1)Oc1cccc(F)c1. The lowest BCUT2D eigenvalue weighted by molar-refractivity contribution is 0.207. The van der Waals surface area contributed by atoms with E-state index >= 15 is 0 Å². The molecule has 0 aliphatic heterocycles. The Bertz CT molecular complexity index is 421. The summed E-state index contributed by atoms with van der Waals surface area (Å²) in [5.74, 6) is 0.131. The molecule has 1 aliphatic rings. The van der Waals surface area contributed by atoms with Crippen molar-refractivity contribution >= 4 is 6.03 Å². The Hall–Kier alpha value is -1.78. The molecule has 0 heterocycles. The van der Waals surface area contributed by atoms with Gasteiger partial charge in [0.15, 0.2) is 0 Å². The Balaban J connectivity index is 1.70. The molecule has 1 aromatic rings. The predicted octanol–water partition coefficient (Wildman–Crippen LogP) is 2.05. The van der Waals surface area contributed by atoms with Gasteiger partial charge < -0.3 is 15.4 Å². The van der Waals surface area contributed by atoms with E-state index in [9.17, 15) is 9.18 Å². The molecular formula is C13H17FN2O2. The predicted molar refractivity (Wildman–Crippen MR) is 66.0 cm³/mol. The molecule has 0 spiro atoms. The number of nitrogens with one attached hydrogen (secondary N) is 2. The Morgan fingerprint density at radius 1 is 1.56 bits per heavy atom. The second-order valence-corrected chi connectivity index (χ2v) is 4.51. The lowest BCUT2D eigenvalue weighted by Crippen LogP contribution is -2.41. The van der Waals surface area contributed by atoms with Gasteiger partial charge in [0.1, 0.15) is 17.7 Å². The molecule has 5 heteroatoms. The maximum atomic E-state index is 12.9. The molecule has 2 amide bonds. The second kappa shape index (κ2) is 5.71. The molecule has 0 saturated heterocycles. The number of rotatable bonds is 5. The Labute approximate surface area is 106 Å². The maximum absolute atomic E-state index is 12.9. The third kappa shape index (κ3) is 4.24. The minimum Gasteiger partial charge on any atom is -0.489 e. The molecule has 0 aromatic heterocycles. The topological polar surface area (TPSA) is 50.4 Å². The zero-order valence-electron chi connectivity index (χ0n) is 10.3. The fourth-order valence-electron chi connectivity index (χ4n) is 1.51. The summed E-state index contributed by atoms with van der Waals surface area (Å²) in [6, 6.07) is 6.12. The molecule has 1 atom stereocenters. The van der Waals surface area contributed by atoms with Crippen LogP contribution in [0.1, 0.15) is 19.8 Å². The van der Waals surface area contributed by atoms with E-state index in [-0.39, 0.29) is 18.0 Å². The van der Waals surface area contributed by atoms with Crippen molar-refractivity contribution < 1.29 is 13.9 Å². The number of urea groups is 1. The zero-order valence-corrected chi connectivity index (χ0v) is 10.3. The van der Waals surface area contributed by atoms with Crippen LogP contribution in [0.25, 0.3) is 0 Å². The summed E-state index contributed by atoms with van der Waals surface area (Å²) < 4.78 is 18.4. The standard InChI is InChI=1S/C13H17FN2O2/c1-9(8-15-13(17)16-11-5-6-11)18-12-4-2-3-10(14)7-12/h2-4,7,9,11H,5-6,8H2,1H3,(H2,15,16,17)/t9-/m1/s1. The summed E-state index contributed by atoms with van der Waals surface area (Å²) in [6.45, 7) is 2.21. The summed E-state index contributed by atoms with van der Waals surface area (Å²) >= 11 is 0. The Kier molecular flexibility index (Phi) is 4.02. The third-order valence-electron chi connectivity index (χ3n) is 2.60. The minimum absolute atomic E-state index is 0.174. The van der Waals surface area contributed by atoms with E-state index in [1.807, 2.05) is 6.92 Å². The highest BCUT2D eigenvalue weighted by atomic mass is 19.1. The molecule has 4 nitrogen and oxygen atoms in total. The Morgan fingerprint density at radius 2 is 2.33 bits per heavy atom. The van der Waals surface area contributed by atoms with E-state index in [1.54, 1.807) is 12.1 Å². The molecule has 0 bridgehead atoms. The quantitative estimate of drug-likeness (QED) is 0.842. The van der Waals surface area contributed by atoms with Gasteiger partial charge in [-0.05, 0) is 31.9 Å². The van der Waals surface area contributed by atoms with Crippen LogP contribution in [0.15, 0.2) is 24.3 Å². The lowest BCUT2D eigenvalue weighted by Gasteiger charge is -2.15. The van der Waals surface area contributed by atoms with E-state index in [0.717, 1.165) is 12.8 Å². The van der Waals surface area contributed by atoms with Crippen LogP contribution in [0.5, 0.6) is 5.75 Å². The zero-order chi connectivity index (χ0) is 13.0. The third-order valence-corrected chi connectivity index (χ3v) is 2.60. The van der Waals surface area contributed by atoms with E-state index in [1.165, 1.54) is 12.1 Å². The summed E-state index contributed by atoms with van der Waals surface area (Å²) in [5, 5.41) is 5.54. The molecule has 1 fully saturated rings. The summed E-state index contributed by atoms with van der Waals surface area (Å²) in [6.07, 6.45) is 1.91. The smallest absolute Gasteiger partial charge is 0.315 e. The van der Waals surface area contributed by atoms with Gasteiger partial charge in [0.25, 0.3) is 0 Å². The van der Waals surface area contributed by atoms with E-state index in [4.69, 9.17) is 4.74 Å². The van der Waals surface area contributed by atoms with Crippen molar-refractivity contribution in [3.8, 4) is 5.75 Å². The number of halogens is 1. The molecular weight excluding hydrogens is 235 g/mol. The highest BCUT2D eigenvalue weighted by Crippen LogP contribution is 2.18. The largest absolute Gasteiger partial charge is 0.489 e. The maximum Gasteiger partial charge on any atom is 0.315 e. The van der Waals surface area contributed by atoms with Crippen molar-refractivity contribution in [2.45, 2.75) is 31.9 Å². The van der Waals surface area contributed by atoms with Crippen molar-refractivity contribution in [3.05, 3.63) is 30.1 Å². The van der Waals surface area contributed by atoms with Crippen molar-refractivity contribution in [2.24, 2.45) is 0 Å². The van der Waals surface area contributed by atoms with Gasteiger partial charge in [-0.3, -0.25) is 0 Å². The Morgan fingerprint density at radius 3 is 3.00 bits per heavy atom. The highest BCUT2D eigenvalue weighted by Gasteiger charge is 2.23. The fraction of sp³-hybridized carbons (Fsp3) is 0.462. The van der Waals surface area contributed by atoms with Crippen LogP contribution in [-0.2, 0) is 0 Å². The highest BCUT2D eigenvalue weighted by molar-refractivity contribution is 5.74.